The maximum atomic E-state index is 14.8. The first-order chi connectivity index (χ1) is 16.6. The van der Waals surface area contributed by atoms with Gasteiger partial charge in [0.2, 0.25) is 0 Å². The van der Waals surface area contributed by atoms with E-state index in [1.807, 2.05) is 6.92 Å². The summed E-state index contributed by atoms with van der Waals surface area (Å²) < 4.78 is 17.2. The topological polar surface area (TPSA) is 88.9 Å². The number of rotatable bonds is 7. The number of hydrogen-bond donors (Lipinski definition) is 2. The molecule has 1 aliphatic rings. The highest BCUT2D eigenvalue weighted by atomic mass is 79.9. The molecule has 1 saturated carbocycles. The molecule has 0 spiro atoms. The van der Waals surface area contributed by atoms with Crippen molar-refractivity contribution in [2.24, 2.45) is 5.92 Å². The lowest BCUT2D eigenvalue weighted by Gasteiger charge is -2.15. The zero-order valence-electron chi connectivity index (χ0n) is 18.8. The minimum absolute atomic E-state index is 0.0952. The number of aromatic nitrogens is 3. The summed E-state index contributed by atoms with van der Waals surface area (Å²) in [5.41, 5.74) is 1.51. The lowest BCUT2D eigenvalue weighted by atomic mass is 10.1. The SMILES string of the molecule is Cc1cc(Br)cc(/C=C(\F)C(=O)NC(C)C2CC2)c1NC(=O)c1cc(Br)nn1-c1ncccc1Cl. The number of pyridine rings is 1. The van der Waals surface area contributed by atoms with Crippen molar-refractivity contribution in [1.29, 1.82) is 0 Å². The highest BCUT2D eigenvalue weighted by molar-refractivity contribution is 9.10. The number of aryl methyl sites for hydroxylation is 1. The fourth-order valence-electron chi connectivity index (χ4n) is 3.63. The zero-order chi connectivity index (χ0) is 25.3. The van der Waals surface area contributed by atoms with Gasteiger partial charge in [-0.05, 0) is 84.4 Å². The Morgan fingerprint density at radius 1 is 1.29 bits per heavy atom. The van der Waals surface area contributed by atoms with Gasteiger partial charge in [-0.15, -0.1) is 0 Å². The van der Waals surface area contributed by atoms with Gasteiger partial charge in [-0.2, -0.15) is 5.10 Å². The maximum absolute atomic E-state index is 14.8. The van der Waals surface area contributed by atoms with Crippen LogP contribution in [0, 0.1) is 12.8 Å². The number of carbonyl (C=O) groups is 2. The Balaban J connectivity index is 1.65. The van der Waals surface area contributed by atoms with Crippen LogP contribution in [0.3, 0.4) is 0 Å². The first kappa shape index (κ1) is 25.5. The van der Waals surface area contributed by atoms with Gasteiger partial charge in [0, 0.05) is 28.3 Å². The van der Waals surface area contributed by atoms with Crippen molar-refractivity contribution in [2.75, 3.05) is 5.32 Å². The molecule has 2 heterocycles. The lowest BCUT2D eigenvalue weighted by molar-refractivity contribution is -0.119. The fraction of sp³-hybridized carbons (Fsp3) is 0.250. The molecule has 2 N–H and O–H groups in total. The normalized spacial score (nSPS) is 14.5. The van der Waals surface area contributed by atoms with Crippen LogP contribution in [-0.2, 0) is 4.79 Å². The quantitative estimate of drug-likeness (QED) is 0.305. The van der Waals surface area contributed by atoms with Crippen LogP contribution in [0.25, 0.3) is 11.9 Å². The number of halogens is 4. The second kappa shape index (κ2) is 10.6. The van der Waals surface area contributed by atoms with Gasteiger partial charge in [-0.25, -0.2) is 14.1 Å². The van der Waals surface area contributed by atoms with Crippen molar-refractivity contribution < 1.29 is 14.0 Å². The number of hydrogen-bond acceptors (Lipinski definition) is 4. The minimum atomic E-state index is -0.946. The molecule has 35 heavy (non-hydrogen) atoms. The fourth-order valence-corrected chi connectivity index (χ4v) is 4.80. The first-order valence-electron chi connectivity index (χ1n) is 10.8. The van der Waals surface area contributed by atoms with Gasteiger partial charge in [0.25, 0.3) is 11.8 Å². The molecule has 0 aliphatic heterocycles. The first-order valence-corrected chi connectivity index (χ1v) is 12.8. The number of carbonyl (C=O) groups excluding carboxylic acids is 2. The van der Waals surface area contributed by atoms with Crippen LogP contribution in [0.5, 0.6) is 0 Å². The second-order valence-corrected chi connectivity index (χ2v) is 10.4. The van der Waals surface area contributed by atoms with E-state index in [2.05, 4.69) is 52.6 Å². The zero-order valence-corrected chi connectivity index (χ0v) is 22.7. The van der Waals surface area contributed by atoms with Crippen molar-refractivity contribution in [2.45, 2.75) is 32.7 Å². The highest BCUT2D eigenvalue weighted by Gasteiger charge is 2.29. The molecule has 2 amide bonds. The number of nitrogens with zero attached hydrogens (tertiary/aromatic N) is 3. The molecule has 7 nitrogen and oxygen atoms in total. The van der Waals surface area contributed by atoms with E-state index in [1.165, 1.54) is 16.9 Å². The number of amides is 2. The van der Waals surface area contributed by atoms with Gasteiger partial charge in [0.05, 0.1) is 10.7 Å². The molecule has 4 rings (SSSR count). The molecule has 3 aromatic rings. The number of anilines is 1. The molecule has 0 bridgehead atoms. The molecule has 0 radical (unpaired) electrons. The monoisotopic (exact) mass is 623 g/mol. The maximum Gasteiger partial charge on any atom is 0.280 e. The summed E-state index contributed by atoms with van der Waals surface area (Å²) in [7, 11) is 0. The van der Waals surface area contributed by atoms with Crippen LogP contribution >= 0.6 is 43.5 Å². The van der Waals surface area contributed by atoms with Gasteiger partial charge in [-0.3, -0.25) is 9.59 Å². The van der Waals surface area contributed by atoms with E-state index in [4.69, 9.17) is 11.6 Å². The van der Waals surface area contributed by atoms with E-state index in [1.54, 1.807) is 31.2 Å². The molecule has 0 saturated heterocycles. The van der Waals surface area contributed by atoms with Gasteiger partial charge >= 0.3 is 0 Å². The van der Waals surface area contributed by atoms with Gasteiger partial charge in [-0.1, -0.05) is 27.5 Å². The molecule has 11 heteroatoms. The van der Waals surface area contributed by atoms with Crippen molar-refractivity contribution in [3.63, 3.8) is 0 Å². The van der Waals surface area contributed by atoms with Crippen LogP contribution in [0.1, 0.15) is 41.4 Å². The molecule has 1 atom stereocenters. The Bertz CT molecular complexity index is 1340. The number of nitrogens with one attached hydrogen (secondary N) is 2. The Morgan fingerprint density at radius 3 is 2.71 bits per heavy atom. The summed E-state index contributed by atoms with van der Waals surface area (Å²) in [6.45, 7) is 3.64. The van der Waals surface area contributed by atoms with Gasteiger partial charge in [0.1, 0.15) is 10.3 Å². The summed E-state index contributed by atoms with van der Waals surface area (Å²) in [5, 5.41) is 10.1. The molecular weight excluding hydrogens is 605 g/mol. The summed E-state index contributed by atoms with van der Waals surface area (Å²) in [6, 6.07) is 8.15. The number of benzene rings is 1. The molecular formula is C24H21Br2ClFN5O2. The third-order valence-electron chi connectivity index (χ3n) is 5.61. The average Bonchev–Trinajstić information content (AvgIpc) is 3.58. The second-order valence-electron chi connectivity index (χ2n) is 8.31. The van der Waals surface area contributed by atoms with Crippen molar-refractivity contribution >= 4 is 67.0 Å². The third kappa shape index (κ3) is 5.99. The molecule has 182 valence electrons. The standard InChI is InChI=1S/C24H21Br2ClFN5O2/c1-12-8-16(25)9-15(10-18(28)23(34)30-13(2)14-5-6-14)21(12)31-24(35)19-11-20(26)32-33(19)22-17(27)4-3-7-29-22/h3-4,7-11,13-14H,5-6H2,1-2H3,(H,30,34)(H,31,35)/b18-10-. The van der Waals surface area contributed by atoms with Crippen LogP contribution in [0.2, 0.25) is 5.02 Å². The summed E-state index contributed by atoms with van der Waals surface area (Å²) in [4.78, 5) is 29.9. The van der Waals surface area contributed by atoms with Crippen LogP contribution in [0.4, 0.5) is 10.1 Å². The Morgan fingerprint density at radius 2 is 2.03 bits per heavy atom. The highest BCUT2D eigenvalue weighted by Crippen LogP contribution is 2.33. The molecule has 2 aromatic heterocycles. The third-order valence-corrected chi connectivity index (χ3v) is 6.75. The molecule has 1 aliphatic carbocycles. The largest absolute Gasteiger partial charge is 0.347 e. The van der Waals surface area contributed by atoms with Crippen molar-refractivity contribution in [3.8, 4) is 5.82 Å². The van der Waals surface area contributed by atoms with Crippen molar-refractivity contribution in [3.05, 3.63) is 73.3 Å². The Kier molecular flexibility index (Phi) is 7.73. The van der Waals surface area contributed by atoms with Crippen LogP contribution in [0.15, 0.2) is 51.4 Å². The van der Waals surface area contributed by atoms with Crippen molar-refractivity contribution in [1.82, 2.24) is 20.1 Å². The summed E-state index contributed by atoms with van der Waals surface area (Å²) in [6.07, 6.45) is 4.72. The van der Waals surface area contributed by atoms with E-state index in [-0.39, 0.29) is 17.6 Å². The Labute approximate surface area is 223 Å². The van der Waals surface area contributed by atoms with E-state index in [0.717, 1.165) is 18.9 Å². The Hall–Kier alpha value is -2.56. The van der Waals surface area contributed by atoms with E-state index in [0.29, 0.717) is 36.8 Å². The predicted octanol–water partition coefficient (Wildman–Crippen LogP) is 6.23. The summed E-state index contributed by atoms with van der Waals surface area (Å²) >= 11 is 12.9. The predicted molar refractivity (Wildman–Crippen MR) is 140 cm³/mol. The molecule has 1 fully saturated rings. The van der Waals surface area contributed by atoms with E-state index in [9.17, 15) is 14.0 Å². The van der Waals surface area contributed by atoms with E-state index >= 15 is 0 Å². The molecule has 1 unspecified atom stereocenters. The van der Waals surface area contributed by atoms with Crippen LogP contribution < -0.4 is 10.6 Å². The van der Waals surface area contributed by atoms with Gasteiger partial charge < -0.3 is 10.6 Å². The minimum Gasteiger partial charge on any atom is -0.347 e. The molecule has 1 aromatic carbocycles. The van der Waals surface area contributed by atoms with E-state index < -0.39 is 17.6 Å². The van der Waals surface area contributed by atoms with Gasteiger partial charge in [0.15, 0.2) is 11.6 Å². The smallest absolute Gasteiger partial charge is 0.280 e. The van der Waals surface area contributed by atoms with Crippen LogP contribution in [-0.4, -0.2) is 32.6 Å². The summed E-state index contributed by atoms with van der Waals surface area (Å²) in [5.74, 6) is -1.57. The average molecular weight is 626 g/mol. The lowest BCUT2D eigenvalue weighted by Crippen LogP contribution is -2.34.